The fourth-order valence-electron chi connectivity index (χ4n) is 2.73. The van der Waals surface area contributed by atoms with Gasteiger partial charge in [0.2, 0.25) is 5.91 Å². The molecule has 0 bridgehead atoms. The monoisotopic (exact) mass is 293 g/mol. The van der Waals surface area contributed by atoms with Crippen molar-refractivity contribution < 1.29 is 14.7 Å². The van der Waals surface area contributed by atoms with Crippen LogP contribution in [-0.2, 0) is 15.0 Å². The lowest BCUT2D eigenvalue weighted by Crippen LogP contribution is -2.36. The van der Waals surface area contributed by atoms with Crippen molar-refractivity contribution in [2.75, 3.05) is 5.32 Å². The Morgan fingerprint density at radius 2 is 1.90 bits per heavy atom. The van der Waals surface area contributed by atoms with Gasteiger partial charge in [0.15, 0.2) is 5.82 Å². The van der Waals surface area contributed by atoms with E-state index in [0.29, 0.717) is 18.7 Å². The molecule has 3 N–H and O–H groups in total. The predicted molar refractivity (Wildman–Crippen MR) is 79.0 cm³/mol. The second-order valence-corrected chi connectivity index (χ2v) is 6.74. The molecular formula is C15H23N3O3. The number of carbonyl (C=O) groups excluding carboxylic acids is 1. The molecule has 6 nitrogen and oxygen atoms in total. The number of carbonyl (C=O) groups is 2. The molecule has 21 heavy (non-hydrogen) atoms. The minimum atomic E-state index is -0.882. The Kier molecular flexibility index (Phi) is 4.34. The van der Waals surface area contributed by atoms with E-state index in [-0.39, 0.29) is 11.3 Å². The first kappa shape index (κ1) is 15.5. The van der Waals surface area contributed by atoms with Crippen molar-refractivity contribution >= 4 is 17.7 Å². The molecule has 0 saturated heterocycles. The zero-order chi connectivity index (χ0) is 15.6. The summed E-state index contributed by atoms with van der Waals surface area (Å²) < 4.78 is 0. The number of anilines is 1. The summed E-state index contributed by atoms with van der Waals surface area (Å²) in [6.45, 7) is 6.15. The van der Waals surface area contributed by atoms with E-state index in [4.69, 9.17) is 0 Å². The minimum Gasteiger partial charge on any atom is -0.481 e. The van der Waals surface area contributed by atoms with Crippen LogP contribution in [0.5, 0.6) is 0 Å². The molecule has 1 aliphatic carbocycles. The highest BCUT2D eigenvalue weighted by atomic mass is 16.4. The number of nitrogens with zero attached hydrogens (tertiary/aromatic N) is 1. The number of hydrogen-bond donors (Lipinski definition) is 3. The van der Waals surface area contributed by atoms with Gasteiger partial charge in [-0.1, -0.05) is 33.6 Å². The van der Waals surface area contributed by atoms with Crippen LogP contribution in [0.2, 0.25) is 0 Å². The molecule has 0 aliphatic heterocycles. The predicted octanol–water partition coefficient (Wildman–Crippen LogP) is 2.54. The number of H-pyrrole nitrogens is 1. The molecule has 0 aromatic carbocycles. The number of aromatic amines is 1. The maximum Gasteiger partial charge on any atom is 0.307 e. The maximum atomic E-state index is 12.3. The van der Waals surface area contributed by atoms with E-state index in [9.17, 15) is 14.7 Å². The van der Waals surface area contributed by atoms with Crippen LogP contribution >= 0.6 is 0 Å². The van der Waals surface area contributed by atoms with Gasteiger partial charge < -0.3 is 10.4 Å². The van der Waals surface area contributed by atoms with Gasteiger partial charge in [-0.25, -0.2) is 0 Å². The lowest BCUT2D eigenvalue weighted by atomic mass is 9.79. The Labute approximate surface area is 124 Å². The topological polar surface area (TPSA) is 95.1 Å². The lowest BCUT2D eigenvalue weighted by Gasteiger charge is -2.27. The van der Waals surface area contributed by atoms with Crippen LogP contribution in [0.4, 0.5) is 5.82 Å². The number of carboxylic acids is 1. The summed E-state index contributed by atoms with van der Waals surface area (Å²) >= 11 is 0. The van der Waals surface area contributed by atoms with Crippen LogP contribution in [0.3, 0.4) is 0 Å². The molecule has 6 heteroatoms. The number of aliphatic carboxylic acids is 1. The molecule has 1 aromatic heterocycles. The molecule has 1 aliphatic rings. The van der Waals surface area contributed by atoms with Crippen molar-refractivity contribution in [1.29, 1.82) is 0 Å². The first-order valence-electron chi connectivity index (χ1n) is 7.38. The lowest BCUT2D eigenvalue weighted by molar-refractivity contribution is -0.147. The molecule has 1 heterocycles. The minimum absolute atomic E-state index is 0.0790. The highest BCUT2D eigenvalue weighted by Crippen LogP contribution is 2.31. The van der Waals surface area contributed by atoms with Gasteiger partial charge in [0.1, 0.15) is 0 Å². The highest BCUT2D eigenvalue weighted by molar-refractivity contribution is 5.94. The van der Waals surface area contributed by atoms with Crippen LogP contribution < -0.4 is 5.32 Å². The van der Waals surface area contributed by atoms with Crippen LogP contribution in [0.1, 0.15) is 52.1 Å². The van der Waals surface area contributed by atoms with Crippen LogP contribution in [-0.4, -0.2) is 27.2 Å². The van der Waals surface area contributed by atoms with Crippen LogP contribution in [0, 0.1) is 11.8 Å². The largest absolute Gasteiger partial charge is 0.481 e. The molecule has 1 aromatic rings. The summed E-state index contributed by atoms with van der Waals surface area (Å²) in [5.41, 5.74) is 0.848. The van der Waals surface area contributed by atoms with Crippen LogP contribution in [0.25, 0.3) is 0 Å². The first-order valence-corrected chi connectivity index (χ1v) is 7.38. The van der Waals surface area contributed by atoms with E-state index in [2.05, 4.69) is 15.5 Å². The van der Waals surface area contributed by atoms with E-state index in [1.165, 1.54) is 0 Å². The smallest absolute Gasteiger partial charge is 0.307 e. The Morgan fingerprint density at radius 1 is 1.29 bits per heavy atom. The third-order valence-corrected chi connectivity index (χ3v) is 4.06. The number of rotatable bonds is 3. The van der Waals surface area contributed by atoms with Gasteiger partial charge in [0, 0.05) is 17.2 Å². The molecule has 2 unspecified atom stereocenters. The molecular weight excluding hydrogens is 270 g/mol. The average molecular weight is 293 g/mol. The van der Waals surface area contributed by atoms with Crippen molar-refractivity contribution in [3.8, 4) is 0 Å². The van der Waals surface area contributed by atoms with Gasteiger partial charge in [0.25, 0.3) is 0 Å². The second-order valence-electron chi connectivity index (χ2n) is 6.74. The van der Waals surface area contributed by atoms with Gasteiger partial charge in [-0.05, 0) is 12.8 Å². The molecule has 2 rings (SSSR count). The second kappa shape index (κ2) is 5.87. The van der Waals surface area contributed by atoms with Crippen molar-refractivity contribution in [1.82, 2.24) is 10.2 Å². The number of hydrogen-bond acceptors (Lipinski definition) is 3. The van der Waals surface area contributed by atoms with Gasteiger partial charge in [-0.3, -0.25) is 14.7 Å². The van der Waals surface area contributed by atoms with Gasteiger partial charge >= 0.3 is 5.97 Å². The van der Waals surface area contributed by atoms with E-state index in [1.54, 1.807) is 6.07 Å². The summed E-state index contributed by atoms with van der Waals surface area (Å²) in [5.74, 6) is -1.72. The molecule has 1 saturated carbocycles. The zero-order valence-electron chi connectivity index (χ0n) is 12.8. The summed E-state index contributed by atoms with van der Waals surface area (Å²) in [5, 5.41) is 19.0. The van der Waals surface area contributed by atoms with Gasteiger partial charge in [0.05, 0.1) is 11.8 Å². The molecule has 116 valence electrons. The van der Waals surface area contributed by atoms with E-state index in [1.807, 2.05) is 20.8 Å². The number of amides is 1. The van der Waals surface area contributed by atoms with Crippen molar-refractivity contribution in [3.05, 3.63) is 11.8 Å². The quantitative estimate of drug-likeness (QED) is 0.798. The van der Waals surface area contributed by atoms with Gasteiger partial charge in [-0.2, -0.15) is 5.10 Å². The third-order valence-electron chi connectivity index (χ3n) is 4.06. The standard InChI is InChI=1S/C15H23N3O3/c1-15(2,3)11-8-12(18-17-11)16-13(19)9-6-4-5-7-10(9)14(20)21/h8-10H,4-7H2,1-3H3,(H,20,21)(H2,16,17,18,19). The SMILES string of the molecule is CC(C)(C)c1cc(NC(=O)C2CCCCC2C(=O)O)n[nH]1. The first-order chi connectivity index (χ1) is 9.79. The zero-order valence-corrected chi connectivity index (χ0v) is 12.8. The molecule has 1 amide bonds. The molecule has 0 radical (unpaired) electrons. The highest BCUT2D eigenvalue weighted by Gasteiger charge is 2.36. The Bertz CT molecular complexity index is 531. The van der Waals surface area contributed by atoms with Gasteiger partial charge in [-0.15, -0.1) is 0 Å². The van der Waals surface area contributed by atoms with E-state index in [0.717, 1.165) is 18.5 Å². The maximum absolute atomic E-state index is 12.3. The fraction of sp³-hybridized carbons (Fsp3) is 0.667. The van der Waals surface area contributed by atoms with Crippen molar-refractivity contribution in [3.63, 3.8) is 0 Å². The average Bonchev–Trinajstić information content (AvgIpc) is 2.87. The van der Waals surface area contributed by atoms with Crippen LogP contribution in [0.15, 0.2) is 6.07 Å². The number of nitrogens with one attached hydrogen (secondary N) is 2. The fourth-order valence-corrected chi connectivity index (χ4v) is 2.73. The van der Waals surface area contributed by atoms with Crippen molar-refractivity contribution in [2.24, 2.45) is 11.8 Å². The molecule has 1 fully saturated rings. The van der Waals surface area contributed by atoms with E-state index >= 15 is 0 Å². The van der Waals surface area contributed by atoms with Crippen molar-refractivity contribution in [2.45, 2.75) is 51.9 Å². The molecule has 2 atom stereocenters. The summed E-state index contributed by atoms with van der Waals surface area (Å²) in [6, 6.07) is 1.80. The Hall–Kier alpha value is -1.85. The number of aromatic nitrogens is 2. The Morgan fingerprint density at radius 3 is 2.43 bits per heavy atom. The third kappa shape index (κ3) is 3.62. The summed E-state index contributed by atoms with van der Waals surface area (Å²) in [4.78, 5) is 23.6. The summed E-state index contributed by atoms with van der Waals surface area (Å²) in [6.07, 6.45) is 2.97. The molecule has 0 spiro atoms. The number of carboxylic acid groups (broad SMARTS) is 1. The summed E-state index contributed by atoms with van der Waals surface area (Å²) in [7, 11) is 0. The normalized spacial score (nSPS) is 22.8. The Balaban J connectivity index is 2.06. The van der Waals surface area contributed by atoms with E-state index < -0.39 is 17.8 Å².